The molecule has 1 aliphatic rings. The zero-order valence-electron chi connectivity index (χ0n) is 10.3. The minimum atomic E-state index is -0.818. The molecular formula is C12H20O5. The Kier molecular flexibility index (Phi) is 6.18. The first-order valence-electron chi connectivity index (χ1n) is 5.78. The lowest BCUT2D eigenvalue weighted by Crippen LogP contribution is -2.23. The molecule has 0 unspecified atom stereocenters. The Morgan fingerprint density at radius 1 is 1.47 bits per heavy atom. The molecule has 0 aromatic heterocycles. The van der Waals surface area contributed by atoms with Gasteiger partial charge in [-0.05, 0) is 19.8 Å². The summed E-state index contributed by atoms with van der Waals surface area (Å²) >= 11 is 0. The Bertz CT molecular complexity index is 264. The lowest BCUT2D eigenvalue weighted by molar-refractivity contribution is -0.150. The second kappa shape index (κ2) is 7.42. The molecule has 0 radical (unpaired) electrons. The highest BCUT2D eigenvalue weighted by molar-refractivity contribution is 5.70. The summed E-state index contributed by atoms with van der Waals surface area (Å²) in [6.45, 7) is 2.04. The number of ether oxygens (including phenoxy) is 3. The topological polar surface area (TPSA) is 65.0 Å². The van der Waals surface area contributed by atoms with Crippen LogP contribution in [-0.4, -0.2) is 43.3 Å². The van der Waals surface area contributed by atoms with E-state index in [2.05, 4.69) is 0 Å². The number of esters is 1. The Morgan fingerprint density at radius 3 is 2.94 bits per heavy atom. The second-order valence-corrected chi connectivity index (χ2v) is 4.15. The van der Waals surface area contributed by atoms with E-state index in [1.165, 1.54) is 0 Å². The zero-order chi connectivity index (χ0) is 12.7. The minimum Gasteiger partial charge on any atom is -0.463 e. The van der Waals surface area contributed by atoms with Crippen molar-refractivity contribution in [1.82, 2.24) is 0 Å². The van der Waals surface area contributed by atoms with Crippen LogP contribution in [0, 0.1) is 0 Å². The Morgan fingerprint density at radius 2 is 2.24 bits per heavy atom. The average molecular weight is 244 g/mol. The third-order valence-electron chi connectivity index (χ3n) is 2.51. The van der Waals surface area contributed by atoms with Gasteiger partial charge in [0.05, 0.1) is 24.7 Å². The predicted molar refractivity (Wildman–Crippen MR) is 61.3 cm³/mol. The van der Waals surface area contributed by atoms with Crippen molar-refractivity contribution in [2.24, 2.45) is 0 Å². The Labute approximate surface area is 101 Å². The largest absolute Gasteiger partial charge is 0.463 e. The van der Waals surface area contributed by atoms with E-state index in [0.717, 1.165) is 12.8 Å². The van der Waals surface area contributed by atoms with Gasteiger partial charge in [0.2, 0.25) is 0 Å². The van der Waals surface area contributed by atoms with E-state index in [4.69, 9.17) is 14.2 Å². The maximum atomic E-state index is 11.3. The summed E-state index contributed by atoms with van der Waals surface area (Å²) in [5, 5.41) is 9.56. The quantitative estimate of drug-likeness (QED) is 0.456. The van der Waals surface area contributed by atoms with E-state index in [9.17, 15) is 9.90 Å². The van der Waals surface area contributed by atoms with Crippen molar-refractivity contribution < 1.29 is 24.1 Å². The van der Waals surface area contributed by atoms with Crippen molar-refractivity contribution >= 4 is 5.97 Å². The summed E-state index contributed by atoms with van der Waals surface area (Å²) in [5.74, 6) is -0.370. The van der Waals surface area contributed by atoms with Crippen LogP contribution in [0.2, 0.25) is 0 Å². The molecule has 0 fully saturated rings. The lowest BCUT2D eigenvalue weighted by Gasteiger charge is -2.20. The van der Waals surface area contributed by atoms with E-state index < -0.39 is 6.10 Å². The lowest BCUT2D eigenvalue weighted by atomic mass is 10.1. The van der Waals surface area contributed by atoms with Crippen LogP contribution in [0.15, 0.2) is 12.2 Å². The number of hydrogen-bond donors (Lipinski definition) is 1. The summed E-state index contributed by atoms with van der Waals surface area (Å²) in [5.41, 5.74) is 0. The van der Waals surface area contributed by atoms with Crippen LogP contribution >= 0.6 is 0 Å². The van der Waals surface area contributed by atoms with Crippen molar-refractivity contribution in [1.29, 1.82) is 0 Å². The molecule has 1 aliphatic heterocycles. The smallest absolute Gasteiger partial charge is 0.309 e. The van der Waals surface area contributed by atoms with Crippen LogP contribution in [0.5, 0.6) is 0 Å². The first kappa shape index (κ1) is 14.2. The zero-order valence-corrected chi connectivity index (χ0v) is 10.3. The van der Waals surface area contributed by atoms with Crippen molar-refractivity contribution in [2.75, 3.05) is 13.9 Å². The first-order chi connectivity index (χ1) is 8.11. The van der Waals surface area contributed by atoms with Crippen LogP contribution in [-0.2, 0) is 19.0 Å². The van der Waals surface area contributed by atoms with Gasteiger partial charge < -0.3 is 19.3 Å². The molecule has 0 aromatic rings. The molecular weight excluding hydrogens is 224 g/mol. The van der Waals surface area contributed by atoms with Gasteiger partial charge in [-0.2, -0.15) is 0 Å². The van der Waals surface area contributed by atoms with Gasteiger partial charge >= 0.3 is 5.97 Å². The van der Waals surface area contributed by atoms with Crippen molar-refractivity contribution in [3.8, 4) is 0 Å². The predicted octanol–water partition coefficient (Wildman–Crippen LogP) is 1.01. The normalized spacial score (nSPS) is 31.0. The Balaban J connectivity index is 2.58. The maximum absolute atomic E-state index is 11.3. The molecule has 98 valence electrons. The third-order valence-corrected chi connectivity index (χ3v) is 2.51. The third kappa shape index (κ3) is 5.81. The average Bonchev–Trinajstić information content (AvgIpc) is 2.27. The molecule has 1 rings (SSSR count). The number of carbonyl (C=O) groups excluding carboxylic acids is 1. The molecule has 0 amide bonds. The standard InChI is InChI=1S/C12H20O5/c1-9-3-5-11(16-8-15-2)6-4-10(13)7-12(14)17-9/h4,6,9-11,13H,3,5,7-8H2,1-2H3/t9-,10-,11-/m1/s1. The van der Waals surface area contributed by atoms with Gasteiger partial charge in [0, 0.05) is 7.11 Å². The molecule has 17 heavy (non-hydrogen) atoms. The molecule has 0 saturated heterocycles. The highest BCUT2D eigenvalue weighted by Crippen LogP contribution is 2.13. The number of methoxy groups -OCH3 is 1. The van der Waals surface area contributed by atoms with Crippen molar-refractivity contribution in [3.05, 3.63) is 12.2 Å². The van der Waals surface area contributed by atoms with E-state index in [-0.39, 0.29) is 31.4 Å². The highest BCUT2D eigenvalue weighted by Gasteiger charge is 2.17. The first-order valence-corrected chi connectivity index (χ1v) is 5.78. The molecule has 5 heteroatoms. The van der Waals surface area contributed by atoms with Crippen LogP contribution < -0.4 is 0 Å². The van der Waals surface area contributed by atoms with Gasteiger partial charge in [0.1, 0.15) is 6.79 Å². The molecule has 0 bridgehead atoms. The number of rotatable bonds is 3. The van der Waals surface area contributed by atoms with Crippen molar-refractivity contribution in [2.45, 2.75) is 44.5 Å². The van der Waals surface area contributed by atoms with E-state index in [0.29, 0.717) is 0 Å². The molecule has 1 heterocycles. The number of aliphatic hydroxyl groups is 1. The summed E-state index contributed by atoms with van der Waals surface area (Å²) in [7, 11) is 1.56. The van der Waals surface area contributed by atoms with Crippen LogP contribution in [0.3, 0.4) is 0 Å². The van der Waals surface area contributed by atoms with Gasteiger partial charge in [-0.1, -0.05) is 12.2 Å². The monoisotopic (exact) mass is 244 g/mol. The van der Waals surface area contributed by atoms with Gasteiger partial charge in [0.25, 0.3) is 0 Å². The van der Waals surface area contributed by atoms with Gasteiger partial charge in [-0.15, -0.1) is 0 Å². The summed E-state index contributed by atoms with van der Waals surface area (Å²) in [6, 6.07) is 0. The number of hydrogen-bond acceptors (Lipinski definition) is 5. The molecule has 0 aliphatic carbocycles. The van der Waals surface area contributed by atoms with Gasteiger partial charge in [-0.3, -0.25) is 4.79 Å². The number of carbonyl (C=O) groups is 1. The molecule has 5 nitrogen and oxygen atoms in total. The minimum absolute atomic E-state index is 0.0160. The summed E-state index contributed by atoms with van der Waals surface area (Å²) in [6.07, 6.45) is 3.67. The summed E-state index contributed by atoms with van der Waals surface area (Å²) in [4.78, 5) is 11.3. The highest BCUT2D eigenvalue weighted by atomic mass is 16.7. The van der Waals surface area contributed by atoms with Crippen molar-refractivity contribution in [3.63, 3.8) is 0 Å². The fraction of sp³-hybridized carbons (Fsp3) is 0.750. The van der Waals surface area contributed by atoms with Gasteiger partial charge in [-0.25, -0.2) is 0 Å². The fourth-order valence-electron chi connectivity index (χ4n) is 1.61. The van der Waals surface area contributed by atoms with E-state index in [1.807, 2.05) is 6.92 Å². The van der Waals surface area contributed by atoms with Gasteiger partial charge in [0.15, 0.2) is 0 Å². The van der Waals surface area contributed by atoms with E-state index in [1.54, 1.807) is 19.3 Å². The fourth-order valence-corrected chi connectivity index (χ4v) is 1.61. The molecule has 3 atom stereocenters. The van der Waals surface area contributed by atoms with Crippen LogP contribution in [0.4, 0.5) is 0 Å². The van der Waals surface area contributed by atoms with Crippen LogP contribution in [0.25, 0.3) is 0 Å². The Hall–Kier alpha value is -0.910. The summed E-state index contributed by atoms with van der Waals surface area (Å²) < 4.78 is 15.4. The van der Waals surface area contributed by atoms with Crippen LogP contribution in [0.1, 0.15) is 26.2 Å². The molecule has 0 aromatic carbocycles. The number of cyclic esters (lactones) is 1. The SMILES string of the molecule is COCO[C@H]1C=C[C@@H](O)CC(=O)O[C@H](C)CC1. The molecule has 1 N–H and O–H groups in total. The second-order valence-electron chi connectivity index (χ2n) is 4.15. The molecule has 0 spiro atoms. The molecule has 0 saturated carbocycles. The maximum Gasteiger partial charge on any atom is 0.309 e. The number of aliphatic hydroxyl groups excluding tert-OH is 1. The van der Waals surface area contributed by atoms with E-state index >= 15 is 0 Å².